The second kappa shape index (κ2) is 4.93. The molecule has 0 unspecified atom stereocenters. The van der Waals surface area contributed by atoms with Gasteiger partial charge < -0.3 is 4.42 Å². The van der Waals surface area contributed by atoms with Crippen LogP contribution in [-0.2, 0) is 0 Å². The van der Waals surface area contributed by atoms with E-state index < -0.39 is 0 Å². The number of furan rings is 1. The van der Waals surface area contributed by atoms with Gasteiger partial charge in [0.1, 0.15) is 11.1 Å². The molecule has 6 rings (SSSR count). The molecular formula is C22H11ClN2O. The lowest BCUT2D eigenvalue weighted by molar-refractivity contribution is 0.666. The van der Waals surface area contributed by atoms with Crippen LogP contribution in [0.3, 0.4) is 0 Å². The summed E-state index contributed by atoms with van der Waals surface area (Å²) >= 11 is 6.00. The minimum Gasteiger partial charge on any atom is -0.453 e. The van der Waals surface area contributed by atoms with Crippen LogP contribution in [0.15, 0.2) is 71.3 Å². The molecule has 2 heterocycles. The summed E-state index contributed by atoms with van der Waals surface area (Å²) < 4.78 is 5.99. The zero-order valence-corrected chi connectivity index (χ0v) is 14.3. The van der Waals surface area contributed by atoms with Crippen LogP contribution in [0.1, 0.15) is 0 Å². The molecule has 0 saturated carbocycles. The third-order valence-corrected chi connectivity index (χ3v) is 5.23. The molecule has 2 aromatic heterocycles. The van der Waals surface area contributed by atoms with Gasteiger partial charge in [0.15, 0.2) is 5.58 Å². The van der Waals surface area contributed by atoms with Crippen molar-refractivity contribution < 1.29 is 4.42 Å². The maximum absolute atomic E-state index is 6.00. The number of benzene rings is 4. The molecule has 0 atom stereocenters. The highest BCUT2D eigenvalue weighted by Crippen LogP contribution is 2.39. The van der Waals surface area contributed by atoms with Crippen molar-refractivity contribution in [1.82, 2.24) is 9.97 Å². The average Bonchev–Trinajstić information content (AvgIpc) is 3.04. The Bertz CT molecular complexity index is 1500. The fraction of sp³-hybridized carbons (Fsp3) is 0. The predicted octanol–water partition coefficient (Wildman–Crippen LogP) is 6.49. The van der Waals surface area contributed by atoms with Gasteiger partial charge in [-0.3, -0.25) is 0 Å². The third-order valence-electron chi connectivity index (χ3n) is 5.05. The van der Waals surface area contributed by atoms with Crippen molar-refractivity contribution in [2.45, 2.75) is 0 Å². The molecule has 0 fully saturated rings. The molecule has 0 aliphatic rings. The number of hydrogen-bond donors (Lipinski definition) is 0. The van der Waals surface area contributed by atoms with Gasteiger partial charge in [0, 0.05) is 5.39 Å². The van der Waals surface area contributed by atoms with Crippen molar-refractivity contribution in [2.24, 2.45) is 0 Å². The zero-order valence-electron chi connectivity index (χ0n) is 13.5. The van der Waals surface area contributed by atoms with E-state index >= 15 is 0 Å². The summed E-state index contributed by atoms with van der Waals surface area (Å²) in [6.45, 7) is 0. The zero-order chi connectivity index (χ0) is 17.3. The Balaban J connectivity index is 1.94. The van der Waals surface area contributed by atoms with E-state index in [0.717, 1.165) is 16.5 Å². The number of halogens is 1. The van der Waals surface area contributed by atoms with E-state index in [4.69, 9.17) is 16.0 Å². The lowest BCUT2D eigenvalue weighted by atomic mass is 9.93. The highest BCUT2D eigenvalue weighted by atomic mass is 35.5. The largest absolute Gasteiger partial charge is 0.453 e. The maximum Gasteiger partial charge on any atom is 0.223 e. The van der Waals surface area contributed by atoms with E-state index in [-0.39, 0.29) is 5.28 Å². The lowest BCUT2D eigenvalue weighted by Crippen LogP contribution is -1.83. The molecule has 26 heavy (non-hydrogen) atoms. The topological polar surface area (TPSA) is 38.9 Å². The quantitative estimate of drug-likeness (QED) is 0.231. The molecule has 0 radical (unpaired) electrons. The Morgan fingerprint density at radius 3 is 1.88 bits per heavy atom. The SMILES string of the molecule is Clc1ncc2oc3cc4c5ccccc5c5ccccc5c4cc3c2n1. The molecule has 122 valence electrons. The minimum absolute atomic E-state index is 0.226. The smallest absolute Gasteiger partial charge is 0.223 e. The van der Waals surface area contributed by atoms with Gasteiger partial charge in [-0.15, -0.1) is 0 Å². The van der Waals surface area contributed by atoms with Crippen LogP contribution in [0.5, 0.6) is 0 Å². The molecule has 0 spiro atoms. The first-order valence-electron chi connectivity index (χ1n) is 8.37. The molecule has 4 aromatic carbocycles. The number of fused-ring (bicyclic) bond motifs is 9. The minimum atomic E-state index is 0.226. The third kappa shape index (κ3) is 1.78. The van der Waals surface area contributed by atoms with Crippen LogP contribution in [0, 0.1) is 0 Å². The van der Waals surface area contributed by atoms with Crippen molar-refractivity contribution in [2.75, 3.05) is 0 Å². The van der Waals surface area contributed by atoms with Gasteiger partial charge in [-0.25, -0.2) is 9.97 Å². The summed E-state index contributed by atoms with van der Waals surface area (Å²) in [7, 11) is 0. The number of rotatable bonds is 0. The molecule has 3 nitrogen and oxygen atoms in total. The summed E-state index contributed by atoms with van der Waals surface area (Å²) in [5.41, 5.74) is 2.19. The molecule has 0 aliphatic heterocycles. The van der Waals surface area contributed by atoms with E-state index in [1.165, 1.54) is 32.3 Å². The molecule has 0 amide bonds. The summed E-state index contributed by atoms with van der Waals surface area (Å²) in [6.07, 6.45) is 1.63. The standard InChI is InChI=1S/C22H11ClN2O/c23-22-24-11-20-21(25-22)18-9-16-14-7-3-1-5-12(14)13-6-2-4-8-15(13)17(16)10-19(18)26-20/h1-11H. The Morgan fingerprint density at radius 1 is 0.654 bits per heavy atom. The second-order valence-electron chi connectivity index (χ2n) is 6.44. The lowest BCUT2D eigenvalue weighted by Gasteiger charge is -2.10. The van der Waals surface area contributed by atoms with Crippen LogP contribution in [0.2, 0.25) is 5.28 Å². The summed E-state index contributed by atoms with van der Waals surface area (Å²) in [6, 6.07) is 21.3. The Kier molecular flexibility index (Phi) is 2.66. The van der Waals surface area contributed by atoms with Crippen LogP contribution >= 0.6 is 11.6 Å². The molecule has 4 heteroatoms. The van der Waals surface area contributed by atoms with Crippen molar-refractivity contribution in [1.29, 1.82) is 0 Å². The van der Waals surface area contributed by atoms with Gasteiger partial charge in [-0.2, -0.15) is 0 Å². The Labute approximate surface area is 152 Å². The average molecular weight is 355 g/mol. The maximum atomic E-state index is 6.00. The van der Waals surface area contributed by atoms with Crippen molar-refractivity contribution in [3.8, 4) is 0 Å². The van der Waals surface area contributed by atoms with Crippen LogP contribution in [0.25, 0.3) is 54.4 Å². The molecule has 0 saturated heterocycles. The van der Waals surface area contributed by atoms with Gasteiger partial charge in [0.2, 0.25) is 5.28 Å². The van der Waals surface area contributed by atoms with Gasteiger partial charge in [-0.1, -0.05) is 48.5 Å². The van der Waals surface area contributed by atoms with Crippen LogP contribution < -0.4 is 0 Å². The fourth-order valence-corrected chi connectivity index (χ4v) is 4.07. The molecule has 6 aromatic rings. The Morgan fingerprint density at radius 2 is 1.23 bits per heavy atom. The highest BCUT2D eigenvalue weighted by Gasteiger charge is 2.14. The summed E-state index contributed by atoms with van der Waals surface area (Å²) in [4.78, 5) is 8.41. The van der Waals surface area contributed by atoms with E-state index in [2.05, 4.69) is 70.6 Å². The second-order valence-corrected chi connectivity index (χ2v) is 6.78. The van der Waals surface area contributed by atoms with Crippen LogP contribution in [-0.4, -0.2) is 9.97 Å². The molecule has 0 bridgehead atoms. The van der Waals surface area contributed by atoms with Gasteiger partial charge in [0.05, 0.1) is 6.20 Å². The highest BCUT2D eigenvalue weighted by molar-refractivity contribution is 6.29. The number of hydrogen-bond acceptors (Lipinski definition) is 3. The predicted molar refractivity (Wildman–Crippen MR) is 107 cm³/mol. The van der Waals surface area contributed by atoms with Crippen molar-refractivity contribution >= 4 is 66.0 Å². The van der Waals surface area contributed by atoms with Crippen molar-refractivity contribution in [3.05, 3.63) is 72.1 Å². The number of aromatic nitrogens is 2. The molecular weight excluding hydrogens is 344 g/mol. The van der Waals surface area contributed by atoms with Crippen molar-refractivity contribution in [3.63, 3.8) is 0 Å². The Hall–Kier alpha value is -3.17. The fourth-order valence-electron chi connectivity index (χ4n) is 3.94. The normalized spacial score (nSPS) is 12.0. The monoisotopic (exact) mass is 354 g/mol. The van der Waals surface area contributed by atoms with E-state index in [0.29, 0.717) is 5.58 Å². The van der Waals surface area contributed by atoms with Crippen LogP contribution in [0.4, 0.5) is 0 Å². The first-order valence-corrected chi connectivity index (χ1v) is 8.75. The molecule has 0 aliphatic carbocycles. The first-order chi connectivity index (χ1) is 12.8. The van der Waals surface area contributed by atoms with Gasteiger partial charge >= 0.3 is 0 Å². The van der Waals surface area contributed by atoms with E-state index in [1.807, 2.05) is 0 Å². The van der Waals surface area contributed by atoms with Gasteiger partial charge in [0.25, 0.3) is 0 Å². The summed E-state index contributed by atoms with van der Waals surface area (Å²) in [5, 5.41) is 8.46. The van der Waals surface area contributed by atoms with Gasteiger partial charge in [-0.05, 0) is 56.1 Å². The number of nitrogens with zero attached hydrogens (tertiary/aromatic N) is 2. The van der Waals surface area contributed by atoms with E-state index in [1.54, 1.807) is 6.20 Å². The molecule has 0 N–H and O–H groups in total. The van der Waals surface area contributed by atoms with E-state index in [9.17, 15) is 0 Å². The first kappa shape index (κ1) is 14.0. The summed E-state index contributed by atoms with van der Waals surface area (Å²) in [5.74, 6) is 0.